The molecule has 31 heavy (non-hydrogen) atoms. The molecule has 0 aromatic heterocycles. The number of carbonyl (C=O) groups is 1. The van der Waals surface area contributed by atoms with E-state index in [9.17, 15) is 28.1 Å². The summed E-state index contributed by atoms with van der Waals surface area (Å²) < 4.78 is 43.4. The van der Waals surface area contributed by atoms with Gasteiger partial charge in [-0.25, -0.2) is 0 Å². The second-order valence-corrected chi connectivity index (χ2v) is 8.93. The lowest BCUT2D eigenvalue weighted by Crippen LogP contribution is -2.38. The Morgan fingerprint density at radius 1 is 1.29 bits per heavy atom. The minimum absolute atomic E-state index is 0.0210. The molecule has 2 saturated carbocycles. The molecule has 0 saturated heterocycles. The highest BCUT2D eigenvalue weighted by Gasteiger charge is 2.62. The van der Waals surface area contributed by atoms with Gasteiger partial charge in [-0.05, 0) is 48.5 Å². The first-order chi connectivity index (χ1) is 14.5. The second kappa shape index (κ2) is 7.98. The number of rotatable bonds is 9. The van der Waals surface area contributed by atoms with Crippen molar-refractivity contribution >= 4 is 11.6 Å². The Morgan fingerprint density at radius 3 is 2.39 bits per heavy atom. The summed E-state index contributed by atoms with van der Waals surface area (Å²) in [6, 6.07) is 3.17. The number of nitro benzene ring substituents is 1. The van der Waals surface area contributed by atoms with E-state index in [0.29, 0.717) is 12.8 Å². The fraction of sp³-hybridized carbons (Fsp3) is 0.682. The van der Waals surface area contributed by atoms with Gasteiger partial charge in [0.05, 0.1) is 12.0 Å². The van der Waals surface area contributed by atoms with Gasteiger partial charge in [-0.3, -0.25) is 14.9 Å². The Balaban J connectivity index is 2.01. The highest BCUT2D eigenvalue weighted by molar-refractivity contribution is 5.81. The first kappa shape index (κ1) is 23.3. The highest BCUT2D eigenvalue weighted by Crippen LogP contribution is 2.64. The van der Waals surface area contributed by atoms with Crippen LogP contribution < -0.4 is 10.1 Å². The molecule has 3 atom stereocenters. The van der Waals surface area contributed by atoms with Gasteiger partial charge in [0.1, 0.15) is 0 Å². The molecule has 0 spiro atoms. The number of hydrogen-bond acceptors (Lipinski definition) is 4. The number of carbonyl (C=O) groups excluding carboxylic acids is 1. The quantitative estimate of drug-likeness (QED) is 0.434. The van der Waals surface area contributed by atoms with E-state index in [-0.39, 0.29) is 35.2 Å². The van der Waals surface area contributed by atoms with Gasteiger partial charge < -0.3 is 10.1 Å². The van der Waals surface area contributed by atoms with Crippen LogP contribution in [-0.4, -0.2) is 30.7 Å². The fourth-order valence-corrected chi connectivity index (χ4v) is 5.41. The van der Waals surface area contributed by atoms with Crippen molar-refractivity contribution in [3.05, 3.63) is 33.4 Å². The van der Waals surface area contributed by atoms with Gasteiger partial charge in [-0.2, -0.15) is 13.2 Å². The summed E-state index contributed by atoms with van der Waals surface area (Å²) in [4.78, 5) is 22.5. The Labute approximate surface area is 179 Å². The molecule has 1 N–H and O–H groups in total. The normalized spacial score (nSPS) is 26.3. The van der Waals surface area contributed by atoms with Crippen LogP contribution in [0.2, 0.25) is 0 Å². The van der Waals surface area contributed by atoms with Gasteiger partial charge >= 0.3 is 17.8 Å². The zero-order valence-electron chi connectivity index (χ0n) is 18.3. The van der Waals surface area contributed by atoms with Crippen LogP contribution in [0, 0.1) is 27.4 Å². The lowest BCUT2D eigenvalue weighted by molar-refractivity contribution is -0.385. The van der Waals surface area contributed by atoms with E-state index in [0.717, 1.165) is 30.4 Å². The number of amides is 1. The minimum atomic E-state index is -4.92. The first-order valence-corrected chi connectivity index (χ1v) is 10.7. The molecule has 1 aromatic carbocycles. The number of nitro groups is 1. The van der Waals surface area contributed by atoms with Crippen molar-refractivity contribution in [3.8, 4) is 5.75 Å². The van der Waals surface area contributed by atoms with E-state index in [1.54, 1.807) is 6.07 Å². The number of ether oxygens (including phenoxy) is 1. The van der Waals surface area contributed by atoms with Crippen molar-refractivity contribution < 1.29 is 27.6 Å². The minimum Gasteiger partial charge on any atom is -0.490 e. The Hall–Kier alpha value is -2.32. The van der Waals surface area contributed by atoms with Crippen LogP contribution in [0.15, 0.2) is 12.1 Å². The average molecular weight is 442 g/mol. The predicted molar refractivity (Wildman–Crippen MR) is 109 cm³/mol. The van der Waals surface area contributed by atoms with Gasteiger partial charge in [0.25, 0.3) is 0 Å². The van der Waals surface area contributed by atoms with Crippen molar-refractivity contribution in [2.24, 2.45) is 17.3 Å². The van der Waals surface area contributed by atoms with E-state index in [1.165, 1.54) is 13.2 Å². The van der Waals surface area contributed by atoms with Gasteiger partial charge in [-0.15, -0.1) is 0 Å². The maximum Gasteiger partial charge on any atom is 0.471 e. The third-order valence-electron chi connectivity index (χ3n) is 7.69. The molecule has 3 rings (SSSR count). The number of alkyl halides is 3. The standard InChI is InChI=1S/C22H29F3N2O4/c1-5-20(9-10-20)11-14-15(7-8-17(27(29)30)18(14)31-4)21(6-2)13(3)16(21)12-26-19(28)22(23,24)25/h7-8,13,16H,5-6,9-12H2,1-4H3,(H,26,28)/t13-,16?,21-/m0/s1. The topological polar surface area (TPSA) is 81.5 Å². The van der Waals surface area contributed by atoms with Crippen LogP contribution in [0.25, 0.3) is 0 Å². The molecule has 0 bridgehead atoms. The van der Waals surface area contributed by atoms with Crippen LogP contribution in [0.4, 0.5) is 18.9 Å². The molecule has 172 valence electrons. The number of methoxy groups -OCH3 is 1. The lowest BCUT2D eigenvalue weighted by Gasteiger charge is -2.25. The first-order valence-electron chi connectivity index (χ1n) is 10.7. The Kier molecular flexibility index (Phi) is 6.01. The van der Waals surface area contributed by atoms with Crippen LogP contribution in [0.5, 0.6) is 5.75 Å². The van der Waals surface area contributed by atoms with E-state index >= 15 is 0 Å². The molecule has 2 aliphatic carbocycles. The van der Waals surface area contributed by atoms with Gasteiger partial charge in [0.15, 0.2) is 5.75 Å². The molecule has 2 aliphatic rings. The number of nitrogens with one attached hydrogen (secondary N) is 1. The van der Waals surface area contributed by atoms with Crippen molar-refractivity contribution in [2.75, 3.05) is 13.7 Å². The molecule has 1 amide bonds. The van der Waals surface area contributed by atoms with Gasteiger partial charge in [0.2, 0.25) is 0 Å². The summed E-state index contributed by atoms with van der Waals surface area (Å²) in [7, 11) is 1.41. The molecule has 0 aliphatic heterocycles. The number of nitrogens with zero attached hydrogens (tertiary/aromatic N) is 1. The summed E-state index contributed by atoms with van der Waals surface area (Å²) >= 11 is 0. The van der Waals surface area contributed by atoms with Crippen molar-refractivity contribution in [1.82, 2.24) is 5.32 Å². The van der Waals surface area contributed by atoms with E-state index in [1.807, 2.05) is 19.2 Å². The van der Waals surface area contributed by atoms with Crippen molar-refractivity contribution in [1.29, 1.82) is 0 Å². The van der Waals surface area contributed by atoms with Crippen LogP contribution in [-0.2, 0) is 16.6 Å². The summed E-state index contributed by atoms with van der Waals surface area (Å²) in [5.41, 5.74) is 1.21. The summed E-state index contributed by atoms with van der Waals surface area (Å²) in [5, 5.41) is 13.6. The molecule has 9 heteroatoms. The fourth-order valence-electron chi connectivity index (χ4n) is 5.41. The highest BCUT2D eigenvalue weighted by atomic mass is 19.4. The maximum atomic E-state index is 12.6. The SMILES string of the molecule is CCC1(Cc2c([C@@]3(CC)C(CNC(=O)C(F)(F)F)[C@@H]3C)ccc([N+](=O)[O-])c2OC)CC1. The molecule has 0 heterocycles. The Bertz CT molecular complexity index is 882. The molecular weight excluding hydrogens is 413 g/mol. The molecule has 0 radical (unpaired) electrons. The maximum absolute atomic E-state index is 12.6. The van der Waals surface area contributed by atoms with E-state index < -0.39 is 22.4 Å². The molecular formula is C22H29F3N2O4. The van der Waals surface area contributed by atoms with Crippen LogP contribution in [0.1, 0.15) is 57.6 Å². The summed E-state index contributed by atoms with van der Waals surface area (Å²) in [6.07, 6.45) is -0.622. The molecule has 1 unspecified atom stereocenters. The van der Waals surface area contributed by atoms with Crippen LogP contribution in [0.3, 0.4) is 0 Å². The summed E-state index contributed by atoms with van der Waals surface area (Å²) in [6.45, 7) is 5.93. The summed E-state index contributed by atoms with van der Waals surface area (Å²) in [5.74, 6) is -1.87. The van der Waals surface area contributed by atoms with Gasteiger partial charge in [-0.1, -0.05) is 33.3 Å². The largest absolute Gasteiger partial charge is 0.490 e. The lowest BCUT2D eigenvalue weighted by atomic mass is 9.80. The third-order valence-corrected chi connectivity index (χ3v) is 7.69. The predicted octanol–water partition coefficient (Wildman–Crippen LogP) is 4.93. The van der Waals surface area contributed by atoms with Crippen molar-refractivity contribution in [3.63, 3.8) is 0 Å². The molecule has 2 fully saturated rings. The Morgan fingerprint density at radius 2 is 1.94 bits per heavy atom. The zero-order valence-corrected chi connectivity index (χ0v) is 18.3. The molecule has 6 nitrogen and oxygen atoms in total. The monoisotopic (exact) mass is 442 g/mol. The third kappa shape index (κ3) is 3.99. The zero-order chi connectivity index (χ0) is 23.2. The average Bonchev–Trinajstić information content (AvgIpc) is 3.61. The smallest absolute Gasteiger partial charge is 0.471 e. The van der Waals surface area contributed by atoms with E-state index in [2.05, 4.69) is 6.92 Å². The van der Waals surface area contributed by atoms with Crippen molar-refractivity contribution in [2.45, 2.75) is 64.5 Å². The van der Waals surface area contributed by atoms with Crippen LogP contribution >= 0.6 is 0 Å². The number of benzene rings is 1. The number of halogens is 3. The second-order valence-electron chi connectivity index (χ2n) is 8.93. The van der Waals surface area contributed by atoms with E-state index in [4.69, 9.17) is 4.74 Å². The van der Waals surface area contributed by atoms with Gasteiger partial charge in [0, 0.05) is 23.6 Å². The molecule has 1 aromatic rings. The number of hydrogen-bond donors (Lipinski definition) is 1.